The molecule has 8 heterocycles. The van der Waals surface area contributed by atoms with Gasteiger partial charge in [0, 0.05) is 20.8 Å². The van der Waals surface area contributed by atoms with Crippen molar-refractivity contribution in [1.82, 2.24) is 16.0 Å². The van der Waals surface area contributed by atoms with Crippen LogP contribution in [0.15, 0.2) is 0 Å². The van der Waals surface area contributed by atoms with Gasteiger partial charge >= 0.3 is 0 Å². The Hall–Kier alpha value is -3.07. The molecule has 25 N–H and O–H groups in total. The van der Waals surface area contributed by atoms with Gasteiger partial charge in [0.15, 0.2) is 50.3 Å². The highest BCUT2D eigenvalue weighted by molar-refractivity contribution is 5.74. The van der Waals surface area contributed by atoms with Gasteiger partial charge in [-0.1, -0.05) is 0 Å². The molecular weight excluding hydrogens is 1330 g/mol. The lowest BCUT2D eigenvalue weighted by Crippen LogP contribution is -2.71. The van der Waals surface area contributed by atoms with Crippen molar-refractivity contribution >= 4 is 17.7 Å². The predicted octanol–water partition coefficient (Wildman–Crippen LogP) is -17.0. The van der Waals surface area contributed by atoms with E-state index in [4.69, 9.17) is 71.1 Å². The number of rotatable bonds is 24. The first-order valence-corrected chi connectivity index (χ1v) is 31.0. The minimum atomic E-state index is -2.48. The number of hydrogen-bond acceptors (Lipinski definition) is 40. The summed E-state index contributed by atoms with van der Waals surface area (Å²) in [5, 5.41) is 248. The Kier molecular flexibility index (Phi) is 28.3. The molecule has 1 unspecified atom stereocenters. The Morgan fingerprint density at radius 3 is 1.20 bits per heavy atom. The number of carbonyl (C=O) groups excluding carboxylic acids is 3. The van der Waals surface area contributed by atoms with E-state index in [1.54, 1.807) is 0 Å². The summed E-state index contributed by atoms with van der Waals surface area (Å²) in [5.74, 6) is -2.65. The largest absolute Gasteiger partial charge is 0.394 e. The van der Waals surface area contributed by atoms with Crippen molar-refractivity contribution in [3.63, 3.8) is 0 Å². The van der Waals surface area contributed by atoms with Crippen molar-refractivity contribution in [2.75, 3.05) is 46.2 Å². The molecule has 8 aliphatic heterocycles. The van der Waals surface area contributed by atoms with Gasteiger partial charge in [-0.3, -0.25) is 14.4 Å². The minimum absolute atomic E-state index is 0.797. The molecule has 3 amide bonds. The van der Waals surface area contributed by atoms with Gasteiger partial charge in [-0.2, -0.15) is 0 Å². The molecule has 8 saturated heterocycles. The fraction of sp³-hybridized carbons (Fsp3) is 0.944. The fourth-order valence-corrected chi connectivity index (χ4v) is 12.4. The standard InChI is InChI=1S/C54H91N3O40/c1-12-26(66)34(74)38(78)50(85-12)84-11-22-43(32(72)23(47(82)86-22)55-13(2)63)93-48-24(56-14(3)64)33(73)42(20(9-62)91-48)94-53-41(81)45(31(71)21(92-53)10-83-51-39(79)35(75)27(67)16(5-58)88-51)96-54-46(37(77)29(69)18(7-60)90-54)97-49-25(57-15(4)65)44(30(70)19(8-61)87-49)95-52-40(80)36(76)28(68)17(6-59)89-52/h12,16-54,58-62,66-82H,5-11H2,1-4H3,(H,55,63)(H,56,64)(H,57,65)/t12-,16+,17+,18+,19+,20+,21+,22+,23+,24+,25+,26+,27+,28-,29+,30+,31+,32+,33+,34+,35-,36-,37-,38-,39-,40+,41-,42+,43+,44+,45-,46-,47?,48-,49-,50+,51-,52-,53-,54+/m0/s1. The van der Waals surface area contributed by atoms with Gasteiger partial charge in [-0.25, -0.2) is 0 Å². The smallest absolute Gasteiger partial charge is 0.217 e. The van der Waals surface area contributed by atoms with E-state index < -0.39 is 309 Å². The molecule has 0 saturated carbocycles. The molecule has 43 nitrogen and oxygen atoms in total. The molecule has 97 heavy (non-hydrogen) atoms. The zero-order chi connectivity index (χ0) is 71.5. The van der Waals surface area contributed by atoms with Crippen LogP contribution in [0.25, 0.3) is 0 Å². The van der Waals surface area contributed by atoms with Gasteiger partial charge in [0.1, 0.15) is 189 Å². The Balaban J connectivity index is 1.11. The summed E-state index contributed by atoms with van der Waals surface area (Å²) < 4.78 is 87.9. The van der Waals surface area contributed by atoms with E-state index >= 15 is 0 Å². The first-order chi connectivity index (χ1) is 45.8. The number of carbonyl (C=O) groups is 3. The Labute approximate surface area is 549 Å². The topological polar surface area (TPSA) is 671 Å². The quantitative estimate of drug-likeness (QED) is 0.0427. The van der Waals surface area contributed by atoms with Crippen LogP contribution in [-0.4, -0.2) is 422 Å². The molecule has 8 aliphatic rings. The minimum Gasteiger partial charge on any atom is -0.394 e. The van der Waals surface area contributed by atoms with Crippen molar-refractivity contribution in [3.05, 3.63) is 0 Å². The second kappa shape index (κ2) is 34.5. The van der Waals surface area contributed by atoms with E-state index in [0.717, 1.165) is 20.8 Å². The third-order valence-electron chi connectivity index (χ3n) is 17.8. The van der Waals surface area contributed by atoms with Crippen molar-refractivity contribution in [2.24, 2.45) is 0 Å². The van der Waals surface area contributed by atoms with E-state index in [0.29, 0.717) is 0 Å². The van der Waals surface area contributed by atoms with E-state index in [9.17, 15) is 127 Å². The van der Waals surface area contributed by atoms with Crippen LogP contribution >= 0.6 is 0 Å². The van der Waals surface area contributed by atoms with Crippen molar-refractivity contribution in [3.8, 4) is 0 Å². The van der Waals surface area contributed by atoms with Crippen molar-refractivity contribution in [2.45, 2.75) is 273 Å². The van der Waals surface area contributed by atoms with Crippen LogP contribution in [0.3, 0.4) is 0 Å². The molecule has 0 aromatic carbocycles. The highest BCUT2D eigenvalue weighted by Crippen LogP contribution is 2.39. The lowest BCUT2D eigenvalue weighted by Gasteiger charge is -2.51. The summed E-state index contributed by atoms with van der Waals surface area (Å²) in [5.41, 5.74) is 0. The highest BCUT2D eigenvalue weighted by Gasteiger charge is 2.60. The number of aliphatic hydroxyl groups is 22. The molecule has 0 aromatic heterocycles. The molecule has 0 radical (unpaired) electrons. The summed E-state index contributed by atoms with van der Waals surface area (Å²) in [4.78, 5) is 38.2. The monoisotopic (exact) mass is 1420 g/mol. The van der Waals surface area contributed by atoms with Gasteiger partial charge in [0.25, 0.3) is 0 Å². The number of ether oxygens (including phenoxy) is 15. The van der Waals surface area contributed by atoms with E-state index in [2.05, 4.69) is 16.0 Å². The highest BCUT2D eigenvalue weighted by atomic mass is 16.8. The fourth-order valence-electron chi connectivity index (χ4n) is 12.4. The van der Waals surface area contributed by atoms with E-state index in [-0.39, 0.29) is 0 Å². The number of aliphatic hydroxyl groups excluding tert-OH is 22. The zero-order valence-electron chi connectivity index (χ0n) is 52.2. The normalized spacial score (nSPS) is 49.9. The Morgan fingerprint density at radius 2 is 0.639 bits per heavy atom. The maximum absolute atomic E-state index is 13.0. The molecule has 0 aromatic rings. The van der Waals surface area contributed by atoms with Crippen molar-refractivity contribution in [1.29, 1.82) is 0 Å². The molecule has 8 rings (SSSR count). The lowest BCUT2D eigenvalue weighted by atomic mass is 9.93. The third kappa shape index (κ3) is 17.6. The molecule has 43 heteroatoms. The van der Waals surface area contributed by atoms with E-state index in [1.807, 2.05) is 0 Å². The first kappa shape index (κ1) is 79.6. The van der Waals surface area contributed by atoms with Crippen LogP contribution in [0.5, 0.6) is 0 Å². The van der Waals surface area contributed by atoms with Gasteiger partial charge < -0.3 is 199 Å². The Bertz CT molecular complexity index is 2490. The molecule has 40 atom stereocenters. The second-order valence-corrected chi connectivity index (χ2v) is 24.6. The second-order valence-electron chi connectivity index (χ2n) is 24.6. The van der Waals surface area contributed by atoms with Crippen LogP contribution < -0.4 is 16.0 Å². The summed E-state index contributed by atoms with van der Waals surface area (Å²) in [6, 6.07) is -5.49. The summed E-state index contributed by atoms with van der Waals surface area (Å²) >= 11 is 0. The molecule has 0 aliphatic carbocycles. The maximum Gasteiger partial charge on any atom is 0.217 e. The molecular formula is C54H91N3O40. The maximum atomic E-state index is 13.0. The van der Waals surface area contributed by atoms with Crippen LogP contribution in [-0.2, 0) is 85.4 Å². The molecule has 0 bridgehead atoms. The first-order valence-electron chi connectivity index (χ1n) is 31.0. The van der Waals surface area contributed by atoms with Gasteiger partial charge in [0.2, 0.25) is 17.7 Å². The summed E-state index contributed by atoms with van der Waals surface area (Å²) in [6.07, 6.45) is -73.5. The van der Waals surface area contributed by atoms with Crippen LogP contribution in [0.1, 0.15) is 27.7 Å². The number of amides is 3. The lowest BCUT2D eigenvalue weighted by molar-refractivity contribution is -0.397. The average molecular weight is 1420 g/mol. The van der Waals surface area contributed by atoms with E-state index in [1.165, 1.54) is 6.92 Å². The molecule has 8 fully saturated rings. The zero-order valence-corrected chi connectivity index (χ0v) is 52.2. The van der Waals surface area contributed by atoms with Crippen LogP contribution in [0.2, 0.25) is 0 Å². The third-order valence-corrected chi connectivity index (χ3v) is 17.8. The van der Waals surface area contributed by atoms with Crippen LogP contribution in [0, 0.1) is 0 Å². The van der Waals surface area contributed by atoms with Gasteiger partial charge in [-0.15, -0.1) is 0 Å². The predicted molar refractivity (Wildman–Crippen MR) is 298 cm³/mol. The van der Waals surface area contributed by atoms with Crippen LogP contribution in [0.4, 0.5) is 0 Å². The SMILES string of the molecule is CC(=O)N[C@H]1[C@H](O[C@H]2[C@H](O)[C@@H](NC(C)=O)C(O)O[C@@H]2CO[C@@H]2O[C@@H](C)[C@@H](O)[C@@H](O)[C@@H]2O)O[C@H](CO)[C@@H](O[C@@H]2O[C@H](CO[C@H]3O[C@H](CO)[C@@H](O)[C@H](O)[C@@H]3O)[C@@H](O)[C@H](O[C@H]3O[C@H](CO)[C@@H](O)[C@H](O)[C@@H]3O[C@@H]3O[C@H](CO)[C@@H](O)[C@H](O[C@@H]4O[C@H](CO)[C@H](O)[C@H](O)[C@H]4O)[C@H]3NC(C)=O)[C@@H]2O)[C@@H]1O. The Morgan fingerprint density at radius 1 is 0.289 bits per heavy atom. The van der Waals surface area contributed by atoms with Crippen molar-refractivity contribution < 1.29 is 198 Å². The molecule has 562 valence electrons. The number of hydrogen-bond donors (Lipinski definition) is 25. The average Bonchev–Trinajstić information content (AvgIpc) is 0.774. The number of nitrogens with one attached hydrogen (secondary N) is 3. The summed E-state index contributed by atoms with van der Waals surface area (Å²) in [7, 11) is 0. The van der Waals surface area contributed by atoms with Gasteiger partial charge in [0.05, 0.1) is 52.4 Å². The van der Waals surface area contributed by atoms with Gasteiger partial charge in [-0.05, 0) is 6.92 Å². The molecule has 0 spiro atoms. The summed E-state index contributed by atoms with van der Waals surface area (Å²) in [6.45, 7) is -2.83.